The fourth-order valence-corrected chi connectivity index (χ4v) is 2.77. The van der Waals surface area contributed by atoms with Gasteiger partial charge in [-0.25, -0.2) is 4.79 Å². The molecule has 0 fully saturated rings. The number of para-hydroxylation sites is 1. The SMILES string of the molecule is CCCCCCCCCCCCc1ccccc1OC(=O)C(F)(F)F. The molecule has 1 aromatic carbocycles. The Morgan fingerprint density at radius 1 is 0.880 bits per heavy atom. The molecule has 0 saturated carbocycles. The Hall–Kier alpha value is -1.52. The third kappa shape index (κ3) is 9.51. The van der Waals surface area contributed by atoms with E-state index in [2.05, 4.69) is 11.7 Å². The molecule has 0 bridgehead atoms. The number of ether oxygens (including phenoxy) is 1. The zero-order valence-electron chi connectivity index (χ0n) is 15.0. The van der Waals surface area contributed by atoms with Gasteiger partial charge in [-0.15, -0.1) is 0 Å². The van der Waals surface area contributed by atoms with Gasteiger partial charge in [-0.2, -0.15) is 13.2 Å². The van der Waals surface area contributed by atoms with Crippen LogP contribution < -0.4 is 4.74 Å². The van der Waals surface area contributed by atoms with Gasteiger partial charge < -0.3 is 4.74 Å². The maximum Gasteiger partial charge on any atom is 0.491 e. The molecule has 0 radical (unpaired) electrons. The number of alkyl halides is 3. The molecule has 2 nitrogen and oxygen atoms in total. The number of esters is 1. The molecule has 142 valence electrons. The quantitative estimate of drug-likeness (QED) is 0.238. The molecule has 0 aromatic heterocycles. The Morgan fingerprint density at radius 2 is 1.40 bits per heavy atom. The van der Waals surface area contributed by atoms with Crippen molar-refractivity contribution in [1.29, 1.82) is 0 Å². The second kappa shape index (κ2) is 11.9. The van der Waals surface area contributed by atoms with E-state index in [1.807, 2.05) is 0 Å². The van der Waals surface area contributed by atoms with Crippen molar-refractivity contribution in [2.75, 3.05) is 0 Å². The lowest BCUT2D eigenvalue weighted by Gasteiger charge is -2.11. The van der Waals surface area contributed by atoms with Crippen LogP contribution in [0.15, 0.2) is 24.3 Å². The standard InChI is InChI=1S/C20H29F3O2/c1-2-3-4-5-6-7-8-9-10-11-14-17-15-12-13-16-18(17)25-19(24)20(21,22)23/h12-13,15-16H,2-11,14H2,1H3. The Bertz CT molecular complexity index is 498. The van der Waals surface area contributed by atoms with Crippen LogP contribution >= 0.6 is 0 Å². The number of carbonyl (C=O) groups is 1. The minimum absolute atomic E-state index is 0.0146. The van der Waals surface area contributed by atoms with Crippen molar-refractivity contribution in [2.45, 2.75) is 83.7 Å². The Balaban J connectivity index is 2.24. The maximum atomic E-state index is 12.3. The average molecular weight is 358 g/mol. The molecule has 0 unspecified atom stereocenters. The number of carbonyl (C=O) groups excluding carboxylic acids is 1. The monoisotopic (exact) mass is 358 g/mol. The second-order valence-corrected chi connectivity index (χ2v) is 6.43. The van der Waals surface area contributed by atoms with Crippen molar-refractivity contribution < 1.29 is 22.7 Å². The number of halogens is 3. The van der Waals surface area contributed by atoms with E-state index in [0.29, 0.717) is 12.0 Å². The van der Waals surface area contributed by atoms with E-state index in [-0.39, 0.29) is 5.75 Å². The molecule has 0 atom stereocenters. The van der Waals surface area contributed by atoms with Crippen molar-refractivity contribution in [3.63, 3.8) is 0 Å². The largest absolute Gasteiger partial charge is 0.491 e. The summed E-state index contributed by atoms with van der Waals surface area (Å²) in [5, 5.41) is 0. The van der Waals surface area contributed by atoms with E-state index in [1.165, 1.54) is 51.0 Å². The van der Waals surface area contributed by atoms with Gasteiger partial charge in [0, 0.05) is 0 Å². The first kappa shape index (κ1) is 21.5. The zero-order valence-corrected chi connectivity index (χ0v) is 15.0. The lowest BCUT2D eigenvalue weighted by molar-refractivity contribution is -0.189. The lowest BCUT2D eigenvalue weighted by atomic mass is 10.0. The Morgan fingerprint density at radius 3 is 1.96 bits per heavy atom. The summed E-state index contributed by atoms with van der Waals surface area (Å²) in [4.78, 5) is 11.0. The fourth-order valence-electron chi connectivity index (χ4n) is 2.77. The third-order valence-electron chi connectivity index (χ3n) is 4.21. The van der Waals surface area contributed by atoms with Gasteiger partial charge in [0.25, 0.3) is 0 Å². The predicted octanol–water partition coefficient (Wildman–Crippen LogP) is 6.62. The predicted molar refractivity (Wildman–Crippen MR) is 93.7 cm³/mol. The van der Waals surface area contributed by atoms with Crippen molar-refractivity contribution in [1.82, 2.24) is 0 Å². The van der Waals surface area contributed by atoms with Gasteiger partial charge in [0.1, 0.15) is 5.75 Å². The molecule has 25 heavy (non-hydrogen) atoms. The summed E-state index contributed by atoms with van der Waals surface area (Å²) in [6.07, 6.45) is 7.68. The van der Waals surface area contributed by atoms with E-state index in [9.17, 15) is 18.0 Å². The Labute approximate surface area is 148 Å². The third-order valence-corrected chi connectivity index (χ3v) is 4.21. The van der Waals surface area contributed by atoms with Crippen LogP contribution in [-0.2, 0) is 11.2 Å². The molecule has 0 amide bonds. The molecule has 0 aliphatic rings. The van der Waals surface area contributed by atoms with Crippen LogP contribution in [0.2, 0.25) is 0 Å². The minimum Gasteiger partial charge on any atom is -0.420 e. The molecule has 0 aliphatic heterocycles. The molecule has 0 aliphatic carbocycles. The van der Waals surface area contributed by atoms with Gasteiger partial charge in [-0.3, -0.25) is 0 Å². The first-order chi connectivity index (χ1) is 11.9. The summed E-state index contributed by atoms with van der Waals surface area (Å²) in [5.41, 5.74) is 0.652. The first-order valence-electron chi connectivity index (χ1n) is 9.32. The number of aryl methyl sites for hydroxylation is 1. The van der Waals surface area contributed by atoms with E-state index >= 15 is 0 Å². The van der Waals surface area contributed by atoms with Crippen molar-refractivity contribution >= 4 is 5.97 Å². The van der Waals surface area contributed by atoms with Crippen molar-refractivity contribution in [2.24, 2.45) is 0 Å². The topological polar surface area (TPSA) is 26.3 Å². The van der Waals surface area contributed by atoms with Crippen LogP contribution in [0.3, 0.4) is 0 Å². The van der Waals surface area contributed by atoms with Gasteiger partial charge in [0.2, 0.25) is 0 Å². The van der Waals surface area contributed by atoms with Gasteiger partial charge in [0.15, 0.2) is 0 Å². The van der Waals surface area contributed by atoms with Crippen LogP contribution in [0.25, 0.3) is 0 Å². The molecule has 0 spiro atoms. The number of rotatable bonds is 12. The minimum atomic E-state index is -4.97. The summed E-state index contributed by atoms with van der Waals surface area (Å²) in [6, 6.07) is 6.44. The maximum absolute atomic E-state index is 12.3. The van der Waals surface area contributed by atoms with E-state index in [0.717, 1.165) is 19.3 Å². The second-order valence-electron chi connectivity index (χ2n) is 6.43. The summed E-state index contributed by atoms with van der Waals surface area (Å²) in [5.74, 6) is -2.15. The molecule has 0 N–H and O–H groups in total. The van der Waals surface area contributed by atoms with Gasteiger partial charge in [-0.1, -0.05) is 82.9 Å². The summed E-state index contributed by atoms with van der Waals surface area (Å²) in [6.45, 7) is 2.21. The summed E-state index contributed by atoms with van der Waals surface area (Å²) >= 11 is 0. The highest BCUT2D eigenvalue weighted by molar-refractivity contribution is 5.78. The fraction of sp³-hybridized carbons (Fsp3) is 0.650. The van der Waals surface area contributed by atoms with Crippen LogP contribution in [0, 0.1) is 0 Å². The van der Waals surface area contributed by atoms with Crippen LogP contribution in [0.1, 0.15) is 76.7 Å². The van der Waals surface area contributed by atoms with Crippen molar-refractivity contribution in [3.8, 4) is 5.75 Å². The molecule has 1 aromatic rings. The van der Waals surface area contributed by atoms with Crippen LogP contribution in [-0.4, -0.2) is 12.1 Å². The van der Waals surface area contributed by atoms with E-state index in [4.69, 9.17) is 0 Å². The van der Waals surface area contributed by atoms with Gasteiger partial charge in [0.05, 0.1) is 0 Å². The van der Waals surface area contributed by atoms with E-state index in [1.54, 1.807) is 18.2 Å². The highest BCUT2D eigenvalue weighted by atomic mass is 19.4. The Kier molecular flexibility index (Phi) is 10.3. The average Bonchev–Trinajstić information content (AvgIpc) is 2.57. The van der Waals surface area contributed by atoms with Gasteiger partial charge in [-0.05, 0) is 24.5 Å². The molecule has 5 heteroatoms. The van der Waals surface area contributed by atoms with Crippen molar-refractivity contribution in [3.05, 3.63) is 29.8 Å². The smallest absolute Gasteiger partial charge is 0.420 e. The lowest BCUT2D eigenvalue weighted by Crippen LogP contribution is -2.28. The zero-order chi connectivity index (χ0) is 18.5. The number of hydrogen-bond donors (Lipinski definition) is 0. The molecule has 1 rings (SSSR count). The molecule has 0 saturated heterocycles. The van der Waals surface area contributed by atoms with Crippen LogP contribution in [0.4, 0.5) is 13.2 Å². The summed E-state index contributed by atoms with van der Waals surface area (Å²) in [7, 11) is 0. The molecule has 0 heterocycles. The van der Waals surface area contributed by atoms with E-state index < -0.39 is 12.1 Å². The first-order valence-corrected chi connectivity index (χ1v) is 9.32. The number of hydrogen-bond acceptors (Lipinski definition) is 2. The van der Waals surface area contributed by atoms with Gasteiger partial charge >= 0.3 is 12.1 Å². The normalized spacial score (nSPS) is 11.5. The number of unbranched alkanes of at least 4 members (excludes halogenated alkanes) is 9. The highest BCUT2D eigenvalue weighted by Gasteiger charge is 2.41. The molecular weight excluding hydrogens is 329 g/mol. The number of benzene rings is 1. The molecular formula is C20H29F3O2. The van der Waals surface area contributed by atoms with Crippen LogP contribution in [0.5, 0.6) is 5.75 Å². The highest BCUT2D eigenvalue weighted by Crippen LogP contribution is 2.24. The summed E-state index contributed by atoms with van der Waals surface area (Å²) < 4.78 is 41.4.